The van der Waals surface area contributed by atoms with E-state index in [-0.39, 0.29) is 28.4 Å². The van der Waals surface area contributed by atoms with Crippen molar-refractivity contribution in [2.24, 2.45) is 0 Å². The molecule has 0 spiro atoms. The van der Waals surface area contributed by atoms with Gasteiger partial charge in [0, 0.05) is 17.7 Å². The fourth-order valence-corrected chi connectivity index (χ4v) is 6.09. The molecular weight excluding hydrogens is 700 g/mol. The van der Waals surface area contributed by atoms with Crippen molar-refractivity contribution in [2.45, 2.75) is 106 Å². The molecule has 0 aliphatic carbocycles. The van der Waals surface area contributed by atoms with Gasteiger partial charge < -0.3 is 89.0 Å². The Labute approximate surface area is 293 Å². The Hall–Kier alpha value is -3.67. The Balaban J connectivity index is 1.32. The molecule has 2 aromatic carbocycles. The van der Waals surface area contributed by atoms with Gasteiger partial charge in [-0.05, 0) is 38.1 Å². The Bertz CT molecular complexity index is 1770. The van der Waals surface area contributed by atoms with Gasteiger partial charge >= 0.3 is 0 Å². The highest BCUT2D eigenvalue weighted by Crippen LogP contribution is 2.38. The zero-order chi connectivity index (χ0) is 37.8. The number of hydrogen-bond donors (Lipinski definition) is 11. The number of phenols is 2. The summed E-state index contributed by atoms with van der Waals surface area (Å²) in [6.07, 6.45) is -23.5. The number of aliphatic hydroxyl groups excluding tert-OH is 9. The summed E-state index contributed by atoms with van der Waals surface area (Å²) in [5, 5.41) is 114. The van der Waals surface area contributed by atoms with Crippen LogP contribution in [0.2, 0.25) is 0 Å². The van der Waals surface area contributed by atoms with Gasteiger partial charge in [-0.15, -0.1) is 0 Å². The molecule has 0 bridgehead atoms. The van der Waals surface area contributed by atoms with Crippen molar-refractivity contribution in [1.82, 2.24) is 0 Å². The van der Waals surface area contributed by atoms with Gasteiger partial charge in [0.15, 0.2) is 12.1 Å². The molecule has 3 fully saturated rings. The molecule has 3 aliphatic rings. The summed E-state index contributed by atoms with van der Waals surface area (Å²) in [5.74, 6) is -2.01. The molecule has 6 rings (SSSR count). The highest BCUT2D eigenvalue weighted by atomic mass is 16.7. The van der Waals surface area contributed by atoms with Gasteiger partial charge in [-0.3, -0.25) is 4.79 Å². The van der Waals surface area contributed by atoms with Crippen molar-refractivity contribution >= 4 is 11.0 Å². The average molecular weight is 741 g/mol. The number of ether oxygens (including phenoxy) is 6. The first kappa shape index (κ1) is 38.1. The van der Waals surface area contributed by atoms with E-state index in [2.05, 4.69) is 0 Å². The maximum absolute atomic E-state index is 14.0. The molecule has 0 unspecified atom stereocenters. The summed E-state index contributed by atoms with van der Waals surface area (Å²) < 4.78 is 39.5. The number of aliphatic hydroxyl groups is 9. The van der Waals surface area contributed by atoms with Gasteiger partial charge in [0.2, 0.25) is 23.8 Å². The summed E-state index contributed by atoms with van der Waals surface area (Å²) in [6.45, 7) is 2.25. The van der Waals surface area contributed by atoms with Gasteiger partial charge in [-0.25, -0.2) is 0 Å². The molecule has 286 valence electrons. The standard InChI is InChI=1S/C33H40O19/c1-10-19(36)23(40)26(43)31(47-10)46-9-17-21(38)25(42)28(45)33(51-17)52-30-22(39)18-15(35)7-14(49-32-27(44)24(41)20(37)11(2)48-32)8-16(18)50-29(30)12-3-5-13(34)6-4-12/h3-8,10-11,17,19-21,23-28,31-38,40-45H,9H2,1-2H3/t10-,11-,17+,19-,20-,21+,23-,24+,25-,26-,27+,28+,31-,32+,33-/m1/s1. The van der Waals surface area contributed by atoms with Crippen LogP contribution in [0.5, 0.6) is 23.0 Å². The Kier molecular flexibility index (Phi) is 11.0. The van der Waals surface area contributed by atoms with Crippen LogP contribution in [0.25, 0.3) is 22.3 Å². The third-order valence-corrected chi connectivity index (χ3v) is 9.23. The fourth-order valence-electron chi connectivity index (χ4n) is 6.09. The first-order valence-electron chi connectivity index (χ1n) is 16.2. The van der Waals surface area contributed by atoms with Crippen LogP contribution >= 0.6 is 0 Å². The first-order valence-corrected chi connectivity index (χ1v) is 16.2. The van der Waals surface area contributed by atoms with Crippen LogP contribution in [-0.2, 0) is 18.9 Å². The van der Waals surface area contributed by atoms with E-state index in [0.29, 0.717) is 0 Å². The molecule has 0 saturated carbocycles. The monoisotopic (exact) mass is 740 g/mol. The SMILES string of the molecule is C[C@H]1O[C@@H](Oc2cc(O)c3c(=O)c(O[C@H]4O[C@@H](CO[C@@H]5O[C@H](C)[C@@H](O)[C@@H](O)[C@H]5O)[C@H](O)[C@@H](O)[C@@H]4O)c(-c4ccc(O)cc4)oc3c2)[C@@H](O)[C@@H](O)[C@@H]1O. The minimum absolute atomic E-state index is 0.138. The van der Waals surface area contributed by atoms with Crippen molar-refractivity contribution < 1.29 is 89.0 Å². The maximum atomic E-state index is 14.0. The third kappa shape index (κ3) is 7.16. The molecule has 52 heavy (non-hydrogen) atoms. The molecule has 11 N–H and O–H groups in total. The topological polar surface area (TPSA) is 308 Å². The van der Waals surface area contributed by atoms with Crippen molar-refractivity contribution in [3.8, 4) is 34.3 Å². The Morgan fingerprint density at radius 2 is 1.17 bits per heavy atom. The number of aromatic hydroxyl groups is 2. The van der Waals surface area contributed by atoms with Gasteiger partial charge in [0.1, 0.15) is 89.3 Å². The van der Waals surface area contributed by atoms with Crippen molar-refractivity contribution in [3.63, 3.8) is 0 Å². The minimum Gasteiger partial charge on any atom is -0.508 e. The number of rotatable bonds is 8. The lowest BCUT2D eigenvalue weighted by molar-refractivity contribution is -0.318. The van der Waals surface area contributed by atoms with E-state index in [9.17, 15) is 61.0 Å². The zero-order valence-corrected chi connectivity index (χ0v) is 27.5. The summed E-state index contributed by atoms with van der Waals surface area (Å²) in [6, 6.07) is 7.38. The molecule has 4 heterocycles. The molecule has 19 nitrogen and oxygen atoms in total. The van der Waals surface area contributed by atoms with Crippen LogP contribution in [0, 0.1) is 0 Å². The predicted molar refractivity (Wildman–Crippen MR) is 170 cm³/mol. The molecule has 0 amide bonds. The summed E-state index contributed by atoms with van der Waals surface area (Å²) in [4.78, 5) is 14.0. The van der Waals surface area contributed by atoms with Crippen LogP contribution in [0.4, 0.5) is 0 Å². The lowest BCUT2D eigenvalue weighted by Crippen LogP contribution is -2.61. The minimum atomic E-state index is -1.98. The molecular formula is C33H40O19. The Morgan fingerprint density at radius 3 is 1.79 bits per heavy atom. The van der Waals surface area contributed by atoms with E-state index < -0.39 is 121 Å². The van der Waals surface area contributed by atoms with Gasteiger partial charge in [-0.1, -0.05) is 0 Å². The number of phenolic OH excluding ortho intramolecular Hbond substituents is 2. The highest BCUT2D eigenvalue weighted by Gasteiger charge is 2.48. The van der Waals surface area contributed by atoms with E-state index in [1.165, 1.54) is 44.2 Å². The lowest BCUT2D eigenvalue weighted by atomic mass is 9.98. The molecule has 3 saturated heterocycles. The highest BCUT2D eigenvalue weighted by molar-refractivity contribution is 5.88. The lowest BCUT2D eigenvalue weighted by Gasteiger charge is -2.42. The summed E-state index contributed by atoms with van der Waals surface area (Å²) >= 11 is 0. The fraction of sp³-hybridized carbons (Fsp3) is 0.545. The van der Waals surface area contributed by atoms with E-state index in [0.717, 1.165) is 6.07 Å². The molecule has 3 aromatic rings. The van der Waals surface area contributed by atoms with Crippen LogP contribution in [0.3, 0.4) is 0 Å². The average Bonchev–Trinajstić information content (AvgIpc) is 3.11. The van der Waals surface area contributed by atoms with Gasteiger partial charge in [0.05, 0.1) is 18.8 Å². The maximum Gasteiger partial charge on any atom is 0.239 e. The van der Waals surface area contributed by atoms with Crippen molar-refractivity contribution in [2.75, 3.05) is 6.61 Å². The predicted octanol–water partition coefficient (Wildman–Crippen LogP) is -2.89. The Morgan fingerprint density at radius 1 is 0.635 bits per heavy atom. The zero-order valence-electron chi connectivity index (χ0n) is 27.5. The van der Waals surface area contributed by atoms with Crippen LogP contribution < -0.4 is 14.9 Å². The molecule has 0 radical (unpaired) electrons. The van der Waals surface area contributed by atoms with E-state index >= 15 is 0 Å². The van der Waals surface area contributed by atoms with Crippen LogP contribution in [0.1, 0.15) is 13.8 Å². The number of hydrogen-bond acceptors (Lipinski definition) is 19. The molecule has 19 heteroatoms. The second kappa shape index (κ2) is 15.0. The second-order valence-electron chi connectivity index (χ2n) is 12.9. The number of fused-ring (bicyclic) bond motifs is 1. The third-order valence-electron chi connectivity index (χ3n) is 9.23. The molecule has 1 aromatic heterocycles. The second-order valence-corrected chi connectivity index (χ2v) is 12.9. The molecule has 3 aliphatic heterocycles. The van der Waals surface area contributed by atoms with E-state index in [1.807, 2.05) is 0 Å². The van der Waals surface area contributed by atoms with Crippen LogP contribution in [-0.4, -0.2) is 155 Å². The summed E-state index contributed by atoms with van der Waals surface area (Å²) in [7, 11) is 0. The number of benzene rings is 2. The van der Waals surface area contributed by atoms with Crippen molar-refractivity contribution in [3.05, 3.63) is 46.6 Å². The normalized spacial score (nSPS) is 38.2. The quantitative estimate of drug-likeness (QED) is 0.110. The molecule has 15 atom stereocenters. The van der Waals surface area contributed by atoms with E-state index in [4.69, 9.17) is 32.8 Å². The van der Waals surface area contributed by atoms with Crippen molar-refractivity contribution in [1.29, 1.82) is 0 Å². The van der Waals surface area contributed by atoms with Gasteiger partial charge in [-0.2, -0.15) is 0 Å². The van der Waals surface area contributed by atoms with Crippen LogP contribution in [0.15, 0.2) is 45.6 Å². The summed E-state index contributed by atoms with van der Waals surface area (Å²) in [5.41, 5.74) is -1.16. The largest absolute Gasteiger partial charge is 0.508 e. The van der Waals surface area contributed by atoms with E-state index in [1.54, 1.807) is 0 Å². The van der Waals surface area contributed by atoms with Gasteiger partial charge in [0.25, 0.3) is 0 Å². The first-order chi connectivity index (χ1) is 24.6. The smallest absolute Gasteiger partial charge is 0.239 e.